The Morgan fingerprint density at radius 3 is 2.28 bits per heavy atom. The van der Waals surface area contributed by atoms with E-state index in [4.69, 9.17) is 29.7 Å². The number of nitrogen functional groups attached to an aromatic ring is 1. The van der Waals surface area contributed by atoms with E-state index in [0.29, 0.717) is 12.2 Å². The smallest absolute Gasteiger partial charge is 0.417 e. The molecule has 0 aromatic carbocycles. The molecule has 2 aromatic rings. The number of phosphoric ester groups is 1. The summed E-state index contributed by atoms with van der Waals surface area (Å²) in [7, 11) is -11.0. The number of imidazole rings is 1. The standard InChI is InChI=1S/C16H16N8O17P2/c17-15-19-12-9(13(25)20-15)18-4-21(12)14-11-10(6(38-14)3-37-43(35,36)41-42(32,33)34)39-16(40-11)7(23(28)29)1-5(22(26)27)2-8(16)24(30)31/h1-2,4,6,10-11,14H,3H2,(H,26,27)(H,35,36)(H2,32,33,34)(H3,17,19,20,25)/t6-,10-,11-,14-/m1/s1. The number of H-pyrrole nitrogens is 1. The second-order valence-corrected chi connectivity index (χ2v) is 11.6. The zero-order chi connectivity index (χ0) is 31.6. The van der Waals surface area contributed by atoms with E-state index in [1.54, 1.807) is 0 Å². The van der Waals surface area contributed by atoms with E-state index in [0.717, 1.165) is 10.9 Å². The normalized spacial score (nSPS) is 28.4. The van der Waals surface area contributed by atoms with Crippen LogP contribution in [-0.2, 0) is 32.2 Å². The third kappa shape index (κ3) is 5.40. The van der Waals surface area contributed by atoms with E-state index in [9.17, 15) is 49.5 Å². The highest BCUT2D eigenvalue weighted by Gasteiger charge is 2.70. The molecule has 27 heteroatoms. The fourth-order valence-electron chi connectivity index (χ4n) is 4.54. The van der Waals surface area contributed by atoms with Crippen LogP contribution in [0.1, 0.15) is 6.23 Å². The van der Waals surface area contributed by atoms with Gasteiger partial charge in [-0.2, -0.15) is 9.29 Å². The molecule has 2 aliphatic heterocycles. The number of nitrogens with zero attached hydrogens (tertiary/aromatic N) is 6. The summed E-state index contributed by atoms with van der Waals surface area (Å²) in [5, 5.41) is 44.8. The van der Waals surface area contributed by atoms with Crippen LogP contribution in [0.5, 0.6) is 0 Å². The molecular weight excluding hydrogens is 638 g/mol. The molecule has 4 heterocycles. The first kappa shape index (κ1) is 30.3. The second kappa shape index (κ2) is 10.2. The number of aromatic amines is 1. The molecule has 1 unspecified atom stereocenters. The van der Waals surface area contributed by atoms with Crippen LogP contribution in [0.15, 0.2) is 34.7 Å². The van der Waals surface area contributed by atoms with Crippen molar-refractivity contribution in [1.82, 2.24) is 19.5 Å². The van der Waals surface area contributed by atoms with Gasteiger partial charge in [-0.15, -0.1) is 0 Å². The maximum atomic E-state index is 12.3. The molecule has 3 aliphatic rings. The first-order chi connectivity index (χ1) is 19.9. The van der Waals surface area contributed by atoms with Crippen LogP contribution in [0.3, 0.4) is 0 Å². The zero-order valence-electron chi connectivity index (χ0n) is 20.5. The van der Waals surface area contributed by atoms with Gasteiger partial charge in [0.15, 0.2) is 17.4 Å². The van der Waals surface area contributed by atoms with Gasteiger partial charge in [-0.25, -0.2) is 14.1 Å². The van der Waals surface area contributed by atoms with Crippen molar-refractivity contribution < 1.29 is 66.8 Å². The van der Waals surface area contributed by atoms with Gasteiger partial charge in [0.2, 0.25) is 5.95 Å². The van der Waals surface area contributed by atoms with Gasteiger partial charge >= 0.3 is 32.8 Å². The highest BCUT2D eigenvalue weighted by molar-refractivity contribution is 7.60. The number of allylic oxidation sites excluding steroid dienone is 2. The Bertz CT molecular complexity index is 1750. The van der Waals surface area contributed by atoms with Crippen LogP contribution in [0, 0.1) is 25.4 Å². The van der Waals surface area contributed by atoms with Crippen LogP contribution < -0.4 is 11.3 Å². The van der Waals surface area contributed by atoms with Gasteiger partial charge in [-0.05, 0) is 0 Å². The molecule has 43 heavy (non-hydrogen) atoms. The summed E-state index contributed by atoms with van der Waals surface area (Å²) in [5.74, 6) is -3.39. The summed E-state index contributed by atoms with van der Waals surface area (Å²) >= 11 is 0. The van der Waals surface area contributed by atoms with E-state index in [1.807, 2.05) is 0 Å². The van der Waals surface area contributed by atoms with Crippen LogP contribution in [-0.4, -0.2) is 90.6 Å². The number of rotatable bonds is 8. The predicted octanol–water partition coefficient (Wildman–Crippen LogP) is -2.02. The Morgan fingerprint density at radius 1 is 1.12 bits per heavy atom. The largest absolute Gasteiger partial charge is 0.481 e. The Labute approximate surface area is 233 Å². The Morgan fingerprint density at radius 2 is 1.72 bits per heavy atom. The number of aromatic nitrogens is 4. The van der Waals surface area contributed by atoms with Crippen molar-refractivity contribution in [3.63, 3.8) is 0 Å². The third-order valence-corrected chi connectivity index (χ3v) is 8.24. The second-order valence-electron chi connectivity index (χ2n) is 8.73. The van der Waals surface area contributed by atoms with E-state index in [1.165, 1.54) is 0 Å². The maximum Gasteiger partial charge on any atom is 0.481 e. The number of nitro groups is 2. The summed E-state index contributed by atoms with van der Waals surface area (Å²) in [4.78, 5) is 70.5. The van der Waals surface area contributed by atoms with E-state index < -0.39 is 90.0 Å². The fraction of sp³-hybridized carbons (Fsp3) is 0.375. The van der Waals surface area contributed by atoms with Crippen LogP contribution in [0.25, 0.3) is 11.2 Å². The summed E-state index contributed by atoms with van der Waals surface area (Å²) in [6.07, 6.45) is -4.78. The van der Waals surface area contributed by atoms with E-state index in [-0.39, 0.29) is 17.1 Å². The number of phosphoric acid groups is 2. The zero-order valence-corrected chi connectivity index (χ0v) is 22.3. The third-order valence-electron chi connectivity index (χ3n) is 6.08. The molecular formula is C16H16N8O17P2. The van der Waals surface area contributed by atoms with Gasteiger partial charge in [0.1, 0.15) is 18.3 Å². The molecule has 2 saturated heterocycles. The molecule has 2 aromatic heterocycles. The number of anilines is 1. The summed E-state index contributed by atoms with van der Waals surface area (Å²) < 4.78 is 49.6. The molecule has 0 amide bonds. The minimum atomic E-state index is -5.56. The Hall–Kier alpha value is -4.16. The van der Waals surface area contributed by atoms with Gasteiger partial charge in [-0.1, -0.05) is 0 Å². The Kier molecular flexibility index (Phi) is 7.21. The van der Waals surface area contributed by atoms with Gasteiger partial charge in [0.05, 0.1) is 34.9 Å². The molecule has 0 radical (unpaired) electrons. The van der Waals surface area contributed by atoms with Crippen molar-refractivity contribution in [1.29, 1.82) is 0 Å². The molecule has 1 aliphatic carbocycles. The lowest BCUT2D eigenvalue weighted by Crippen LogP contribution is -2.46. The first-order valence-electron chi connectivity index (χ1n) is 11.2. The summed E-state index contributed by atoms with van der Waals surface area (Å²) in [6.45, 7) is -1.11. The van der Waals surface area contributed by atoms with Gasteiger partial charge in [-0.3, -0.25) is 44.3 Å². The first-order valence-corrected chi connectivity index (χ1v) is 14.2. The molecule has 232 valence electrons. The molecule has 0 bridgehead atoms. The van der Waals surface area contributed by atoms with Gasteiger partial charge in [0, 0.05) is 4.90 Å². The van der Waals surface area contributed by atoms with Crippen molar-refractivity contribution in [2.24, 2.45) is 0 Å². The van der Waals surface area contributed by atoms with Gasteiger partial charge < -0.3 is 39.8 Å². The number of nitrogens with one attached hydrogen (secondary N) is 1. The lowest BCUT2D eigenvalue weighted by molar-refractivity contribution is -0.725. The van der Waals surface area contributed by atoms with Crippen LogP contribution in [0.2, 0.25) is 0 Å². The van der Waals surface area contributed by atoms with Crippen LogP contribution >= 0.6 is 15.6 Å². The quantitative estimate of drug-likeness (QED) is 0.0588. The SMILES string of the molecule is Nc1nc2c(ncn2[C@@H]2O[C@H](COP(=O)(O)OP(=O)(O)O)[C@H]3OC4(O[C@H]32)C([N+](=O)[O-])=CC(=[N+]([O-])O)C=C4[N+](=O)[O-])c(=O)[nH]1. The van der Waals surface area contributed by atoms with Crippen LogP contribution in [0.4, 0.5) is 5.95 Å². The highest BCUT2D eigenvalue weighted by Crippen LogP contribution is 2.58. The summed E-state index contributed by atoms with van der Waals surface area (Å²) in [5.41, 5.74) is 0.809. The van der Waals surface area contributed by atoms with E-state index in [2.05, 4.69) is 23.8 Å². The molecule has 0 saturated carbocycles. The van der Waals surface area contributed by atoms with Crippen molar-refractivity contribution in [2.75, 3.05) is 12.3 Å². The monoisotopic (exact) mass is 654 g/mol. The maximum absolute atomic E-state index is 12.3. The number of nitrogens with two attached hydrogens (primary N) is 1. The fourth-order valence-corrected chi connectivity index (χ4v) is 6.14. The topological polar surface area (TPSA) is 363 Å². The van der Waals surface area contributed by atoms with Crippen molar-refractivity contribution in [2.45, 2.75) is 30.3 Å². The number of ether oxygens (including phenoxy) is 3. The minimum absolute atomic E-state index is 0.245. The minimum Gasteiger partial charge on any atom is -0.417 e. The molecule has 5 atom stereocenters. The number of hydrogen-bond donors (Lipinski definition) is 6. The highest BCUT2D eigenvalue weighted by atomic mass is 31.3. The molecule has 7 N–H and O–H groups in total. The number of fused-ring (bicyclic) bond motifs is 2. The van der Waals surface area contributed by atoms with E-state index >= 15 is 0 Å². The average molecular weight is 654 g/mol. The summed E-state index contributed by atoms with van der Waals surface area (Å²) in [6, 6.07) is 0. The average Bonchev–Trinajstić information content (AvgIpc) is 3.53. The lowest BCUT2D eigenvalue weighted by atomic mass is 10.0. The predicted molar refractivity (Wildman–Crippen MR) is 128 cm³/mol. The lowest BCUT2D eigenvalue weighted by Gasteiger charge is -2.27. The number of hydrogen-bond acceptors (Lipinski definition) is 17. The molecule has 1 spiro atoms. The molecule has 25 nitrogen and oxygen atoms in total. The van der Waals surface area contributed by atoms with Crippen molar-refractivity contribution >= 4 is 38.5 Å². The molecule has 5 rings (SSSR count). The Balaban J connectivity index is 1.61. The van der Waals surface area contributed by atoms with Gasteiger partial charge in [0.25, 0.3) is 11.3 Å². The van der Waals surface area contributed by atoms with Crippen molar-refractivity contribution in [3.05, 3.63) is 65.7 Å². The molecule has 2 fully saturated rings. The van der Waals surface area contributed by atoms with Crippen molar-refractivity contribution in [3.8, 4) is 0 Å².